The molecule has 1 aromatic heterocycles. The molecule has 1 aliphatic rings. The molecule has 1 N–H and O–H groups in total. The maximum Gasteiger partial charge on any atom is 0.274 e. The first-order chi connectivity index (χ1) is 13.7. The van der Waals surface area contributed by atoms with Gasteiger partial charge in [0.2, 0.25) is 0 Å². The number of hydrogen-bond donors (Lipinski definition) is 1. The fourth-order valence-corrected chi connectivity index (χ4v) is 3.55. The van der Waals surface area contributed by atoms with Crippen molar-refractivity contribution < 1.29 is 4.79 Å². The van der Waals surface area contributed by atoms with E-state index in [0.29, 0.717) is 17.0 Å². The Morgan fingerprint density at radius 1 is 1.14 bits per heavy atom. The first-order valence-electron chi connectivity index (χ1n) is 9.25. The highest BCUT2D eigenvalue weighted by molar-refractivity contribution is 6.03. The van der Waals surface area contributed by atoms with Gasteiger partial charge in [0.25, 0.3) is 5.91 Å². The maximum atomic E-state index is 12.7. The van der Waals surface area contributed by atoms with Crippen molar-refractivity contribution >= 4 is 17.3 Å². The topological polar surface area (TPSA) is 69.0 Å². The number of hydrogen-bond acceptors (Lipinski definition) is 4. The summed E-state index contributed by atoms with van der Waals surface area (Å²) < 4.78 is 0. The van der Waals surface area contributed by atoms with Crippen molar-refractivity contribution in [1.29, 1.82) is 5.26 Å². The molecule has 2 heterocycles. The van der Waals surface area contributed by atoms with Crippen LogP contribution in [0.1, 0.15) is 32.9 Å². The van der Waals surface area contributed by atoms with E-state index < -0.39 is 0 Å². The number of anilines is 2. The largest absolute Gasteiger partial charge is 0.367 e. The summed E-state index contributed by atoms with van der Waals surface area (Å²) in [5, 5.41) is 12.0. The lowest BCUT2D eigenvalue weighted by Gasteiger charge is -2.21. The van der Waals surface area contributed by atoms with Gasteiger partial charge in [0.05, 0.1) is 11.3 Å². The lowest BCUT2D eigenvalue weighted by Crippen LogP contribution is -2.22. The second-order valence-corrected chi connectivity index (χ2v) is 6.85. The molecule has 0 fully saturated rings. The molecule has 2 aromatic carbocycles. The number of pyridine rings is 1. The number of para-hydroxylation sites is 2. The van der Waals surface area contributed by atoms with E-state index in [9.17, 15) is 4.79 Å². The van der Waals surface area contributed by atoms with Crippen LogP contribution in [0, 0.1) is 18.3 Å². The number of nitrogens with zero attached hydrogens (tertiary/aromatic N) is 3. The van der Waals surface area contributed by atoms with Crippen LogP contribution in [-0.4, -0.2) is 17.4 Å². The molecule has 0 unspecified atom stereocenters. The molecule has 0 radical (unpaired) electrons. The quantitative estimate of drug-likeness (QED) is 0.753. The van der Waals surface area contributed by atoms with Gasteiger partial charge in [-0.05, 0) is 48.7 Å². The van der Waals surface area contributed by atoms with Gasteiger partial charge >= 0.3 is 0 Å². The van der Waals surface area contributed by atoms with E-state index in [0.717, 1.165) is 30.8 Å². The van der Waals surface area contributed by atoms with Crippen molar-refractivity contribution in [3.63, 3.8) is 0 Å². The van der Waals surface area contributed by atoms with Crippen LogP contribution in [0.3, 0.4) is 0 Å². The van der Waals surface area contributed by atoms with Gasteiger partial charge < -0.3 is 10.2 Å². The third-order valence-electron chi connectivity index (χ3n) is 5.05. The van der Waals surface area contributed by atoms with Gasteiger partial charge in [-0.15, -0.1) is 0 Å². The third kappa shape index (κ3) is 3.45. The van der Waals surface area contributed by atoms with Crippen LogP contribution in [0.2, 0.25) is 0 Å². The summed E-state index contributed by atoms with van der Waals surface area (Å²) in [6, 6.07) is 21.6. The highest BCUT2D eigenvalue weighted by Crippen LogP contribution is 2.30. The zero-order chi connectivity index (χ0) is 19.5. The zero-order valence-corrected chi connectivity index (χ0v) is 15.6. The summed E-state index contributed by atoms with van der Waals surface area (Å²) in [4.78, 5) is 19.3. The number of nitrogens with one attached hydrogen (secondary N) is 1. The minimum atomic E-state index is -0.276. The molecule has 138 valence electrons. The zero-order valence-electron chi connectivity index (χ0n) is 15.6. The van der Waals surface area contributed by atoms with Crippen LogP contribution in [0.15, 0.2) is 60.7 Å². The Bertz CT molecular complexity index is 1080. The normalized spacial score (nSPS) is 12.4. The fourth-order valence-electron chi connectivity index (χ4n) is 3.55. The molecular formula is C23H20N4O. The highest BCUT2D eigenvalue weighted by atomic mass is 16.1. The van der Waals surface area contributed by atoms with Crippen LogP contribution in [0.25, 0.3) is 0 Å². The molecule has 28 heavy (non-hydrogen) atoms. The number of rotatable bonds is 4. The Hall–Kier alpha value is -3.65. The summed E-state index contributed by atoms with van der Waals surface area (Å²) in [5.41, 5.74) is 5.78. The monoisotopic (exact) mass is 368 g/mol. The molecule has 0 atom stereocenters. The van der Waals surface area contributed by atoms with Crippen molar-refractivity contribution in [2.75, 3.05) is 16.8 Å². The molecule has 1 amide bonds. The SMILES string of the molecule is Cc1nc(C(=O)Nc2ccccc2CN2CCc3ccccc32)ccc1C#N. The first-order valence-corrected chi connectivity index (χ1v) is 9.25. The molecule has 0 spiro atoms. The number of aryl methyl sites for hydroxylation is 1. The van der Waals surface area contributed by atoms with E-state index in [4.69, 9.17) is 5.26 Å². The minimum Gasteiger partial charge on any atom is -0.367 e. The van der Waals surface area contributed by atoms with Crippen LogP contribution in [-0.2, 0) is 13.0 Å². The molecule has 0 saturated carbocycles. The Morgan fingerprint density at radius 2 is 1.93 bits per heavy atom. The summed E-state index contributed by atoms with van der Waals surface area (Å²) in [7, 11) is 0. The Labute approximate surface area is 164 Å². The molecule has 0 aliphatic carbocycles. The average Bonchev–Trinajstić information content (AvgIpc) is 3.12. The molecule has 4 rings (SSSR count). The molecule has 0 bridgehead atoms. The predicted molar refractivity (Wildman–Crippen MR) is 109 cm³/mol. The van der Waals surface area contributed by atoms with Gasteiger partial charge in [-0.3, -0.25) is 4.79 Å². The summed E-state index contributed by atoms with van der Waals surface area (Å²) in [6.45, 7) is 3.43. The van der Waals surface area contributed by atoms with Crippen molar-refractivity contribution in [1.82, 2.24) is 4.98 Å². The second kappa shape index (κ2) is 7.53. The molecular weight excluding hydrogens is 348 g/mol. The molecule has 1 aliphatic heterocycles. The maximum absolute atomic E-state index is 12.7. The van der Waals surface area contributed by atoms with Crippen molar-refractivity contribution in [3.8, 4) is 6.07 Å². The van der Waals surface area contributed by atoms with Crippen LogP contribution >= 0.6 is 0 Å². The van der Waals surface area contributed by atoms with Crippen LogP contribution < -0.4 is 10.2 Å². The summed E-state index contributed by atoms with van der Waals surface area (Å²) in [6.07, 6.45) is 1.04. The van der Waals surface area contributed by atoms with E-state index in [1.165, 1.54) is 11.3 Å². The number of aromatic nitrogens is 1. The Balaban J connectivity index is 1.55. The molecule has 5 nitrogen and oxygen atoms in total. The van der Waals surface area contributed by atoms with E-state index in [2.05, 4.69) is 45.5 Å². The highest BCUT2D eigenvalue weighted by Gasteiger charge is 2.20. The van der Waals surface area contributed by atoms with E-state index in [-0.39, 0.29) is 5.91 Å². The lowest BCUT2D eigenvalue weighted by atomic mass is 10.1. The fraction of sp³-hybridized carbons (Fsp3) is 0.174. The molecule has 5 heteroatoms. The van der Waals surface area contributed by atoms with E-state index in [1.807, 2.05) is 24.3 Å². The molecule has 3 aromatic rings. The van der Waals surface area contributed by atoms with Gasteiger partial charge in [-0.1, -0.05) is 36.4 Å². The van der Waals surface area contributed by atoms with Crippen LogP contribution in [0.4, 0.5) is 11.4 Å². The van der Waals surface area contributed by atoms with Gasteiger partial charge in [0.1, 0.15) is 11.8 Å². The Kier molecular flexibility index (Phi) is 4.77. The van der Waals surface area contributed by atoms with E-state index >= 15 is 0 Å². The van der Waals surface area contributed by atoms with Gasteiger partial charge in [-0.25, -0.2) is 4.98 Å². The smallest absolute Gasteiger partial charge is 0.274 e. The van der Waals surface area contributed by atoms with Crippen molar-refractivity contribution in [2.24, 2.45) is 0 Å². The van der Waals surface area contributed by atoms with Gasteiger partial charge in [0, 0.05) is 24.5 Å². The van der Waals surface area contributed by atoms with Crippen molar-refractivity contribution in [2.45, 2.75) is 19.9 Å². The number of fused-ring (bicyclic) bond motifs is 1. The van der Waals surface area contributed by atoms with Crippen LogP contribution in [0.5, 0.6) is 0 Å². The van der Waals surface area contributed by atoms with E-state index in [1.54, 1.807) is 19.1 Å². The van der Waals surface area contributed by atoms with Gasteiger partial charge in [-0.2, -0.15) is 5.26 Å². The number of benzene rings is 2. The number of carbonyl (C=O) groups is 1. The van der Waals surface area contributed by atoms with Crippen molar-refractivity contribution in [3.05, 3.63) is 88.7 Å². The van der Waals surface area contributed by atoms with Gasteiger partial charge in [0.15, 0.2) is 0 Å². The Morgan fingerprint density at radius 3 is 2.75 bits per heavy atom. The average molecular weight is 368 g/mol. The minimum absolute atomic E-state index is 0.276. The first kappa shape index (κ1) is 17.7. The lowest BCUT2D eigenvalue weighted by molar-refractivity contribution is 0.102. The molecule has 0 saturated heterocycles. The summed E-state index contributed by atoms with van der Waals surface area (Å²) in [5.74, 6) is -0.276. The predicted octanol–water partition coefficient (Wildman–Crippen LogP) is 4.08. The standard InChI is InChI=1S/C23H20N4O/c1-16-18(14-24)10-11-21(25-16)23(28)26-20-8-4-2-7-19(20)15-27-13-12-17-6-3-5-9-22(17)27/h2-11H,12-13,15H2,1H3,(H,26,28). The summed E-state index contributed by atoms with van der Waals surface area (Å²) >= 11 is 0. The number of nitriles is 1. The third-order valence-corrected chi connectivity index (χ3v) is 5.05. The number of carbonyl (C=O) groups excluding carboxylic acids is 1. The number of amides is 1. The second-order valence-electron chi connectivity index (χ2n) is 6.85.